The summed E-state index contributed by atoms with van der Waals surface area (Å²) in [7, 11) is 0. The molecule has 5 heteroatoms. The minimum atomic E-state index is -0.708. The molecule has 0 amide bonds. The van der Waals surface area contributed by atoms with Crippen LogP contribution in [-0.2, 0) is 9.53 Å². The standard InChI is InChI=1S/C18H20O5/c1-18(2,3)23-13-8-9(19)7-11-15(13)17(22)14-10(16(11)21)5-4-6-12(14)20/h4-6,11,13,15,20H,7-8H2,1-3H3/t11-,13-,15-/m0/s1. The van der Waals surface area contributed by atoms with E-state index in [1.54, 1.807) is 0 Å². The monoisotopic (exact) mass is 316 g/mol. The van der Waals surface area contributed by atoms with Crippen LogP contribution in [0.1, 0.15) is 54.3 Å². The molecule has 5 nitrogen and oxygen atoms in total. The van der Waals surface area contributed by atoms with E-state index in [0.29, 0.717) is 0 Å². The second-order valence-electron chi connectivity index (χ2n) is 7.28. The van der Waals surface area contributed by atoms with Crippen LogP contribution >= 0.6 is 0 Å². The Labute approximate surface area is 134 Å². The molecular formula is C18H20O5. The first kappa shape index (κ1) is 15.9. The molecule has 2 aliphatic carbocycles. The van der Waals surface area contributed by atoms with Crippen molar-refractivity contribution < 1.29 is 24.2 Å². The lowest BCUT2D eigenvalue weighted by atomic mass is 9.65. The highest BCUT2D eigenvalue weighted by Crippen LogP contribution is 2.43. The molecule has 0 heterocycles. The summed E-state index contributed by atoms with van der Waals surface area (Å²) in [6, 6.07) is 4.47. The van der Waals surface area contributed by atoms with Gasteiger partial charge >= 0.3 is 0 Å². The van der Waals surface area contributed by atoms with Crippen LogP contribution in [0.4, 0.5) is 0 Å². The van der Waals surface area contributed by atoms with Gasteiger partial charge in [0.1, 0.15) is 11.5 Å². The van der Waals surface area contributed by atoms with Gasteiger partial charge in [0.05, 0.1) is 23.2 Å². The number of rotatable bonds is 1. The van der Waals surface area contributed by atoms with Gasteiger partial charge in [-0.1, -0.05) is 12.1 Å². The molecule has 0 bridgehead atoms. The number of Topliss-reactive ketones (excluding diaryl/α,β-unsaturated/α-hetero) is 3. The number of benzene rings is 1. The van der Waals surface area contributed by atoms with Crippen LogP contribution in [0.15, 0.2) is 18.2 Å². The number of ketones is 3. The molecule has 0 aromatic heterocycles. The van der Waals surface area contributed by atoms with E-state index < -0.39 is 23.5 Å². The Hall–Kier alpha value is -2.01. The van der Waals surface area contributed by atoms with Crippen LogP contribution in [0.3, 0.4) is 0 Å². The lowest BCUT2D eigenvalue weighted by molar-refractivity contribution is -0.137. The van der Waals surface area contributed by atoms with E-state index in [1.165, 1.54) is 18.2 Å². The summed E-state index contributed by atoms with van der Waals surface area (Å²) in [6.07, 6.45) is -0.445. The molecular weight excluding hydrogens is 296 g/mol. The Bertz CT molecular complexity index is 698. The molecule has 3 rings (SSSR count). The summed E-state index contributed by atoms with van der Waals surface area (Å²) in [5.41, 5.74) is -0.258. The maximum Gasteiger partial charge on any atom is 0.173 e. The summed E-state index contributed by atoms with van der Waals surface area (Å²) in [6.45, 7) is 5.55. The van der Waals surface area contributed by atoms with Crippen molar-refractivity contribution >= 4 is 17.3 Å². The molecule has 0 aliphatic heterocycles. The molecule has 0 unspecified atom stereocenters. The fourth-order valence-corrected chi connectivity index (χ4v) is 3.61. The van der Waals surface area contributed by atoms with E-state index in [9.17, 15) is 19.5 Å². The van der Waals surface area contributed by atoms with Crippen molar-refractivity contribution in [3.05, 3.63) is 29.3 Å². The molecule has 0 spiro atoms. The molecule has 0 radical (unpaired) electrons. The van der Waals surface area contributed by atoms with Gasteiger partial charge in [0.25, 0.3) is 0 Å². The Kier molecular flexibility index (Phi) is 3.64. The fourth-order valence-electron chi connectivity index (χ4n) is 3.61. The molecule has 0 saturated heterocycles. The van der Waals surface area contributed by atoms with E-state index in [1.807, 2.05) is 20.8 Å². The zero-order chi connectivity index (χ0) is 16.9. The molecule has 1 N–H and O–H groups in total. The number of fused-ring (bicyclic) bond motifs is 2. The summed E-state index contributed by atoms with van der Waals surface area (Å²) >= 11 is 0. The Morgan fingerprint density at radius 2 is 1.78 bits per heavy atom. The first-order valence-electron chi connectivity index (χ1n) is 7.79. The third kappa shape index (κ3) is 2.70. The smallest absolute Gasteiger partial charge is 0.173 e. The van der Waals surface area contributed by atoms with Crippen molar-refractivity contribution in [2.45, 2.75) is 45.3 Å². The van der Waals surface area contributed by atoms with Crippen molar-refractivity contribution in [1.29, 1.82) is 0 Å². The van der Waals surface area contributed by atoms with E-state index in [4.69, 9.17) is 4.74 Å². The zero-order valence-corrected chi connectivity index (χ0v) is 13.5. The van der Waals surface area contributed by atoms with Crippen molar-refractivity contribution in [2.24, 2.45) is 11.8 Å². The average Bonchev–Trinajstić information content (AvgIpc) is 2.42. The summed E-state index contributed by atoms with van der Waals surface area (Å²) in [5, 5.41) is 10.0. The second-order valence-corrected chi connectivity index (χ2v) is 7.28. The normalized spacial score (nSPS) is 27.6. The Morgan fingerprint density at radius 3 is 2.43 bits per heavy atom. The second kappa shape index (κ2) is 5.27. The fraction of sp³-hybridized carbons (Fsp3) is 0.500. The molecule has 23 heavy (non-hydrogen) atoms. The first-order valence-corrected chi connectivity index (χ1v) is 7.79. The van der Waals surface area contributed by atoms with Crippen LogP contribution in [0, 0.1) is 11.8 Å². The number of hydrogen-bond acceptors (Lipinski definition) is 5. The molecule has 1 aromatic carbocycles. The van der Waals surface area contributed by atoms with E-state index in [0.717, 1.165) is 0 Å². The Balaban J connectivity index is 2.09. The highest BCUT2D eigenvalue weighted by atomic mass is 16.5. The van der Waals surface area contributed by atoms with Gasteiger partial charge in [-0.3, -0.25) is 14.4 Å². The van der Waals surface area contributed by atoms with Crippen LogP contribution in [0.5, 0.6) is 5.75 Å². The summed E-state index contributed by atoms with van der Waals surface area (Å²) in [4.78, 5) is 37.7. The Morgan fingerprint density at radius 1 is 1.09 bits per heavy atom. The van der Waals surface area contributed by atoms with Gasteiger partial charge in [0, 0.05) is 24.3 Å². The largest absolute Gasteiger partial charge is 0.507 e. The minimum Gasteiger partial charge on any atom is -0.507 e. The number of carbonyl (C=O) groups excluding carboxylic acids is 3. The van der Waals surface area contributed by atoms with Crippen molar-refractivity contribution in [3.63, 3.8) is 0 Å². The number of carbonyl (C=O) groups is 3. The minimum absolute atomic E-state index is 0.0638. The van der Waals surface area contributed by atoms with Crippen LogP contribution < -0.4 is 0 Å². The van der Waals surface area contributed by atoms with Gasteiger partial charge in [0.2, 0.25) is 0 Å². The van der Waals surface area contributed by atoms with Crippen LogP contribution in [-0.4, -0.2) is 34.2 Å². The number of phenolic OH excluding ortho intramolecular Hbond substituents is 1. The van der Waals surface area contributed by atoms with Gasteiger partial charge in [-0.15, -0.1) is 0 Å². The lowest BCUT2D eigenvalue weighted by Gasteiger charge is -2.41. The lowest BCUT2D eigenvalue weighted by Crippen LogP contribution is -2.50. The van der Waals surface area contributed by atoms with Gasteiger partial charge in [0.15, 0.2) is 11.6 Å². The summed E-state index contributed by atoms with van der Waals surface area (Å²) < 4.78 is 5.92. The number of hydrogen-bond donors (Lipinski definition) is 1. The first-order chi connectivity index (χ1) is 10.7. The van der Waals surface area contributed by atoms with E-state index in [-0.39, 0.29) is 47.1 Å². The number of phenols is 1. The van der Waals surface area contributed by atoms with Crippen molar-refractivity contribution in [2.75, 3.05) is 0 Å². The van der Waals surface area contributed by atoms with Gasteiger partial charge in [-0.25, -0.2) is 0 Å². The maximum absolute atomic E-state index is 12.9. The number of aromatic hydroxyl groups is 1. The quantitative estimate of drug-likeness (QED) is 0.861. The molecule has 122 valence electrons. The average molecular weight is 316 g/mol. The molecule has 1 saturated carbocycles. The van der Waals surface area contributed by atoms with Gasteiger partial charge in [-0.2, -0.15) is 0 Å². The van der Waals surface area contributed by atoms with Crippen molar-refractivity contribution in [1.82, 2.24) is 0 Å². The predicted molar refractivity (Wildman–Crippen MR) is 82.6 cm³/mol. The molecule has 3 atom stereocenters. The predicted octanol–water partition coefficient (Wildman–Crippen LogP) is 2.55. The maximum atomic E-state index is 12.9. The highest BCUT2D eigenvalue weighted by molar-refractivity contribution is 6.18. The molecule has 2 aliphatic rings. The van der Waals surface area contributed by atoms with E-state index in [2.05, 4.69) is 0 Å². The zero-order valence-electron chi connectivity index (χ0n) is 13.5. The van der Waals surface area contributed by atoms with Crippen LogP contribution in [0.2, 0.25) is 0 Å². The molecule has 1 fully saturated rings. The highest BCUT2D eigenvalue weighted by Gasteiger charge is 2.51. The topological polar surface area (TPSA) is 80.7 Å². The SMILES string of the molecule is CC(C)(C)O[C@H]1CC(=O)C[C@@H]2C(=O)c3cccc(O)c3C(=O)[C@H]12. The van der Waals surface area contributed by atoms with E-state index >= 15 is 0 Å². The van der Waals surface area contributed by atoms with Gasteiger partial charge in [-0.05, 0) is 26.8 Å². The molecule has 1 aromatic rings. The third-order valence-corrected chi connectivity index (χ3v) is 4.41. The number of ether oxygens (including phenoxy) is 1. The summed E-state index contributed by atoms with van der Waals surface area (Å²) in [5.74, 6) is -2.21. The van der Waals surface area contributed by atoms with Crippen molar-refractivity contribution in [3.8, 4) is 5.75 Å². The third-order valence-electron chi connectivity index (χ3n) is 4.41. The van der Waals surface area contributed by atoms with Crippen LogP contribution in [0.25, 0.3) is 0 Å². The van der Waals surface area contributed by atoms with Gasteiger partial charge < -0.3 is 9.84 Å².